The number of amides is 1. The summed E-state index contributed by atoms with van der Waals surface area (Å²) in [4.78, 5) is 16.4. The second kappa shape index (κ2) is 10.2. The van der Waals surface area contributed by atoms with E-state index >= 15 is 0 Å². The number of piperazine rings is 1. The highest BCUT2D eigenvalue weighted by atomic mass is 32.1. The summed E-state index contributed by atoms with van der Waals surface area (Å²) >= 11 is 5.30. The fourth-order valence-corrected chi connectivity index (χ4v) is 3.40. The second-order valence-corrected chi connectivity index (χ2v) is 7.68. The van der Waals surface area contributed by atoms with E-state index in [0.29, 0.717) is 17.9 Å². The van der Waals surface area contributed by atoms with Gasteiger partial charge in [0.2, 0.25) is 0 Å². The standard InChI is InChI=1S/C22H28N4O2S/c1-3-15-28-20-6-4-5-17(16-20)21(27)24-22(29)23-18-7-9-19(10-8-18)26-13-11-25(2)12-14-26/h4-10,16H,3,11-15H2,1-2H3,(H2,23,24,27,29)/p+1. The Labute approximate surface area is 177 Å². The molecule has 3 rings (SSSR count). The van der Waals surface area contributed by atoms with E-state index in [1.807, 2.05) is 25.1 Å². The van der Waals surface area contributed by atoms with Crippen LogP contribution in [0.4, 0.5) is 11.4 Å². The van der Waals surface area contributed by atoms with Gasteiger partial charge in [0, 0.05) is 16.9 Å². The summed E-state index contributed by atoms with van der Waals surface area (Å²) in [5, 5.41) is 6.07. The Morgan fingerprint density at radius 2 is 1.90 bits per heavy atom. The van der Waals surface area contributed by atoms with E-state index in [4.69, 9.17) is 17.0 Å². The van der Waals surface area contributed by atoms with Crippen LogP contribution in [0.5, 0.6) is 5.75 Å². The van der Waals surface area contributed by atoms with Crippen LogP contribution in [0, 0.1) is 0 Å². The molecule has 0 aliphatic carbocycles. The fraction of sp³-hybridized carbons (Fsp3) is 0.364. The van der Waals surface area contributed by atoms with Crippen LogP contribution < -0.4 is 25.2 Å². The fourth-order valence-electron chi connectivity index (χ4n) is 3.19. The third-order valence-corrected chi connectivity index (χ3v) is 5.11. The van der Waals surface area contributed by atoms with Crippen LogP contribution in [-0.4, -0.2) is 50.9 Å². The number of thiocarbonyl (C=S) groups is 1. The normalized spacial score (nSPS) is 14.3. The van der Waals surface area contributed by atoms with Crippen LogP contribution in [0.2, 0.25) is 0 Å². The highest BCUT2D eigenvalue weighted by Crippen LogP contribution is 2.18. The topological polar surface area (TPSA) is 58.0 Å². The molecule has 1 aliphatic rings. The minimum atomic E-state index is -0.263. The van der Waals surface area contributed by atoms with Crippen LogP contribution in [0.25, 0.3) is 0 Å². The molecule has 3 N–H and O–H groups in total. The van der Waals surface area contributed by atoms with Crippen molar-refractivity contribution in [3.8, 4) is 5.75 Å². The molecule has 1 aliphatic heterocycles. The number of hydrogen-bond donors (Lipinski definition) is 3. The maximum atomic E-state index is 12.5. The molecule has 0 bridgehead atoms. The molecule has 0 unspecified atom stereocenters. The van der Waals surface area contributed by atoms with Crippen LogP contribution >= 0.6 is 12.2 Å². The molecule has 0 saturated carbocycles. The lowest BCUT2D eigenvalue weighted by atomic mass is 10.2. The largest absolute Gasteiger partial charge is 0.494 e. The van der Waals surface area contributed by atoms with Gasteiger partial charge in [0.1, 0.15) is 5.75 Å². The van der Waals surface area contributed by atoms with Crippen molar-refractivity contribution >= 4 is 34.6 Å². The van der Waals surface area contributed by atoms with E-state index in [0.717, 1.165) is 38.3 Å². The van der Waals surface area contributed by atoms with E-state index in [9.17, 15) is 4.79 Å². The molecule has 0 atom stereocenters. The third-order valence-electron chi connectivity index (χ3n) is 4.90. The Morgan fingerprint density at radius 1 is 1.17 bits per heavy atom. The Hall–Kier alpha value is -2.64. The van der Waals surface area contributed by atoms with Crippen LogP contribution in [-0.2, 0) is 0 Å². The van der Waals surface area contributed by atoms with Crippen LogP contribution in [0.3, 0.4) is 0 Å². The first-order valence-electron chi connectivity index (χ1n) is 10.1. The van der Waals surface area contributed by atoms with E-state index in [1.165, 1.54) is 5.69 Å². The van der Waals surface area contributed by atoms with Crippen molar-refractivity contribution in [1.82, 2.24) is 5.32 Å². The van der Waals surface area contributed by atoms with Gasteiger partial charge in [0.25, 0.3) is 5.91 Å². The van der Waals surface area contributed by atoms with Crippen molar-refractivity contribution in [1.29, 1.82) is 0 Å². The molecule has 1 fully saturated rings. The summed E-state index contributed by atoms with van der Waals surface area (Å²) in [7, 11) is 2.23. The van der Waals surface area contributed by atoms with Gasteiger partial charge in [-0.3, -0.25) is 10.1 Å². The first-order chi connectivity index (χ1) is 14.0. The molecule has 1 saturated heterocycles. The molecule has 1 amide bonds. The third kappa shape index (κ3) is 6.17. The lowest BCUT2D eigenvalue weighted by molar-refractivity contribution is -0.880. The van der Waals surface area contributed by atoms with Crippen molar-refractivity contribution < 1.29 is 14.4 Å². The summed E-state index contributed by atoms with van der Waals surface area (Å²) in [6.07, 6.45) is 0.916. The average Bonchev–Trinajstić information content (AvgIpc) is 2.73. The molecule has 29 heavy (non-hydrogen) atoms. The van der Waals surface area contributed by atoms with Crippen molar-refractivity contribution in [2.24, 2.45) is 0 Å². The summed E-state index contributed by atoms with van der Waals surface area (Å²) < 4.78 is 5.58. The van der Waals surface area contributed by atoms with Crippen molar-refractivity contribution in [2.75, 3.05) is 50.1 Å². The van der Waals surface area contributed by atoms with Gasteiger partial charge in [-0.15, -0.1) is 0 Å². The predicted octanol–water partition coefficient (Wildman–Crippen LogP) is 1.94. The van der Waals surface area contributed by atoms with E-state index in [2.05, 4.69) is 34.7 Å². The second-order valence-electron chi connectivity index (χ2n) is 7.28. The first kappa shape index (κ1) is 21.1. The molecule has 2 aromatic rings. The number of quaternary nitrogens is 1. The van der Waals surface area contributed by atoms with Crippen LogP contribution in [0.15, 0.2) is 48.5 Å². The van der Waals surface area contributed by atoms with Gasteiger partial charge in [-0.2, -0.15) is 0 Å². The summed E-state index contributed by atoms with van der Waals surface area (Å²) in [5.74, 6) is 0.417. The molecule has 1 heterocycles. The molecule has 2 aromatic carbocycles. The van der Waals surface area contributed by atoms with Gasteiger partial charge < -0.3 is 19.9 Å². The minimum Gasteiger partial charge on any atom is -0.494 e. The Balaban J connectivity index is 1.53. The lowest BCUT2D eigenvalue weighted by Crippen LogP contribution is -3.12. The maximum Gasteiger partial charge on any atom is 0.257 e. The zero-order chi connectivity index (χ0) is 20.6. The number of nitrogens with one attached hydrogen (secondary N) is 3. The zero-order valence-electron chi connectivity index (χ0n) is 17.0. The number of carbonyl (C=O) groups is 1. The highest BCUT2D eigenvalue weighted by Gasteiger charge is 2.16. The maximum absolute atomic E-state index is 12.5. The number of ether oxygens (including phenoxy) is 1. The van der Waals surface area contributed by atoms with Gasteiger partial charge in [-0.25, -0.2) is 0 Å². The Morgan fingerprint density at radius 3 is 2.59 bits per heavy atom. The van der Waals surface area contributed by atoms with Gasteiger partial charge >= 0.3 is 0 Å². The Bertz CT molecular complexity index is 833. The van der Waals surface area contributed by atoms with E-state index in [1.54, 1.807) is 23.1 Å². The number of hydrogen-bond acceptors (Lipinski definition) is 4. The lowest BCUT2D eigenvalue weighted by Gasteiger charge is -2.31. The van der Waals surface area contributed by atoms with Crippen molar-refractivity contribution in [3.05, 3.63) is 54.1 Å². The molecule has 154 valence electrons. The van der Waals surface area contributed by atoms with Crippen LogP contribution in [0.1, 0.15) is 23.7 Å². The SMILES string of the molecule is CCCOc1cccc(C(=O)NC(=S)Nc2ccc(N3CC[NH+](C)CC3)cc2)c1. The Kier molecular flexibility index (Phi) is 7.43. The number of likely N-dealkylation sites (N-methyl/N-ethyl adjacent to an activating group) is 1. The number of nitrogens with zero attached hydrogens (tertiary/aromatic N) is 1. The molecule has 7 heteroatoms. The van der Waals surface area contributed by atoms with Gasteiger partial charge in [0.05, 0.1) is 39.8 Å². The number of benzene rings is 2. The van der Waals surface area contributed by atoms with E-state index in [-0.39, 0.29) is 11.0 Å². The average molecular weight is 414 g/mol. The smallest absolute Gasteiger partial charge is 0.257 e. The summed E-state index contributed by atoms with van der Waals surface area (Å²) in [5.41, 5.74) is 2.57. The molecule has 0 aromatic heterocycles. The van der Waals surface area contributed by atoms with Gasteiger partial charge in [-0.05, 0) is 61.1 Å². The number of rotatable bonds is 6. The first-order valence-corrected chi connectivity index (χ1v) is 10.5. The minimum absolute atomic E-state index is 0.263. The highest BCUT2D eigenvalue weighted by molar-refractivity contribution is 7.80. The molecular formula is C22H29N4O2S+. The molecule has 0 spiro atoms. The van der Waals surface area contributed by atoms with Crippen molar-refractivity contribution in [3.63, 3.8) is 0 Å². The monoisotopic (exact) mass is 413 g/mol. The summed E-state index contributed by atoms with van der Waals surface area (Å²) in [6.45, 7) is 7.10. The molecular weight excluding hydrogens is 384 g/mol. The van der Waals surface area contributed by atoms with Gasteiger partial charge in [-0.1, -0.05) is 13.0 Å². The van der Waals surface area contributed by atoms with Crippen molar-refractivity contribution in [2.45, 2.75) is 13.3 Å². The van der Waals surface area contributed by atoms with Gasteiger partial charge in [0.15, 0.2) is 5.11 Å². The molecule has 6 nitrogen and oxygen atoms in total. The quantitative estimate of drug-likeness (QED) is 0.632. The zero-order valence-corrected chi connectivity index (χ0v) is 17.8. The summed E-state index contributed by atoms with van der Waals surface area (Å²) in [6, 6.07) is 15.2. The molecule has 0 radical (unpaired) electrons. The number of anilines is 2. The predicted molar refractivity (Wildman–Crippen MR) is 121 cm³/mol. The van der Waals surface area contributed by atoms with E-state index < -0.39 is 0 Å². The number of carbonyl (C=O) groups excluding carboxylic acids is 1.